The zero-order chi connectivity index (χ0) is 13.1. The molecule has 0 atom stereocenters. The number of nitrogens with zero attached hydrogens (tertiary/aromatic N) is 2. The van der Waals surface area contributed by atoms with Gasteiger partial charge in [0.2, 0.25) is 0 Å². The molecule has 3 nitrogen and oxygen atoms in total. The highest BCUT2D eigenvalue weighted by atomic mass is 16.5. The molecule has 1 rings (SSSR count). The number of allylic oxidation sites excluding steroid dienone is 1. The summed E-state index contributed by atoms with van der Waals surface area (Å²) in [4.78, 5) is 4.18. The summed E-state index contributed by atoms with van der Waals surface area (Å²) in [6.07, 6.45) is 5.78. The van der Waals surface area contributed by atoms with E-state index in [0.29, 0.717) is 18.9 Å². The van der Waals surface area contributed by atoms with Crippen molar-refractivity contribution in [3.63, 3.8) is 0 Å². The van der Waals surface area contributed by atoms with Crippen LogP contribution in [-0.4, -0.2) is 18.9 Å². The quantitative estimate of drug-likeness (QED) is 0.417. The number of hydrogen-bond donors (Lipinski definition) is 0. The maximum absolute atomic E-state index is 8.93. The fourth-order valence-corrected chi connectivity index (χ4v) is 1.30. The van der Waals surface area contributed by atoms with Crippen molar-refractivity contribution in [3.05, 3.63) is 54.8 Å². The van der Waals surface area contributed by atoms with Crippen LogP contribution in [0.4, 0.5) is 0 Å². The van der Waals surface area contributed by atoms with Gasteiger partial charge in [0, 0.05) is 13.0 Å². The third kappa shape index (κ3) is 5.66. The lowest BCUT2D eigenvalue weighted by Crippen LogP contribution is -1.95. The fraction of sp³-hybridized carbons (Fsp3) is 0.200. The Kier molecular flexibility index (Phi) is 6.69. The minimum absolute atomic E-state index is 0.428. The highest BCUT2D eigenvalue weighted by Gasteiger charge is 1.91. The molecule has 0 bridgehead atoms. The van der Waals surface area contributed by atoms with E-state index in [2.05, 4.69) is 17.6 Å². The fourth-order valence-electron chi connectivity index (χ4n) is 1.30. The van der Waals surface area contributed by atoms with Crippen molar-refractivity contribution in [2.75, 3.05) is 13.2 Å². The Balaban J connectivity index is 2.47. The van der Waals surface area contributed by atoms with E-state index in [0.717, 1.165) is 12.0 Å². The van der Waals surface area contributed by atoms with Crippen LogP contribution in [0.25, 0.3) is 6.08 Å². The van der Waals surface area contributed by atoms with Crippen molar-refractivity contribution >= 4 is 11.8 Å². The van der Waals surface area contributed by atoms with E-state index in [1.54, 1.807) is 6.08 Å². The van der Waals surface area contributed by atoms with E-state index >= 15 is 0 Å². The van der Waals surface area contributed by atoms with Gasteiger partial charge in [0.25, 0.3) is 0 Å². The highest BCUT2D eigenvalue weighted by molar-refractivity contribution is 6.09. The summed E-state index contributed by atoms with van der Waals surface area (Å²) in [6, 6.07) is 11.9. The molecule has 0 amide bonds. The van der Waals surface area contributed by atoms with E-state index in [4.69, 9.17) is 10.00 Å². The van der Waals surface area contributed by atoms with E-state index in [1.807, 2.05) is 36.4 Å². The maximum atomic E-state index is 8.93. The van der Waals surface area contributed by atoms with E-state index in [1.165, 1.54) is 6.26 Å². The average Bonchev–Trinajstić information content (AvgIpc) is 2.43. The van der Waals surface area contributed by atoms with Crippen LogP contribution in [0.2, 0.25) is 0 Å². The molecule has 0 fully saturated rings. The summed E-state index contributed by atoms with van der Waals surface area (Å²) >= 11 is 0. The van der Waals surface area contributed by atoms with Gasteiger partial charge in [0.15, 0.2) is 0 Å². The van der Waals surface area contributed by atoms with Gasteiger partial charge in [-0.3, -0.25) is 4.99 Å². The summed E-state index contributed by atoms with van der Waals surface area (Å²) in [5.41, 5.74) is 1.48. The molecule has 3 heteroatoms. The zero-order valence-electron chi connectivity index (χ0n) is 10.2. The number of hydrogen-bond acceptors (Lipinski definition) is 3. The normalized spacial score (nSPS) is 11.2. The Labute approximate surface area is 108 Å². The first kappa shape index (κ1) is 13.7. The van der Waals surface area contributed by atoms with Gasteiger partial charge in [-0.25, -0.2) is 0 Å². The molecule has 1 aromatic rings. The van der Waals surface area contributed by atoms with Gasteiger partial charge >= 0.3 is 0 Å². The third-order valence-corrected chi connectivity index (χ3v) is 2.17. The maximum Gasteiger partial charge on any atom is 0.135 e. The van der Waals surface area contributed by atoms with Crippen molar-refractivity contribution in [3.8, 4) is 6.07 Å². The number of benzene rings is 1. The summed E-state index contributed by atoms with van der Waals surface area (Å²) in [7, 11) is 0. The number of ether oxygens (including phenoxy) is 1. The second-order valence-corrected chi connectivity index (χ2v) is 3.51. The number of nitriles is 1. The van der Waals surface area contributed by atoms with E-state index in [-0.39, 0.29) is 0 Å². The van der Waals surface area contributed by atoms with Crippen molar-refractivity contribution in [2.24, 2.45) is 4.99 Å². The Hall–Kier alpha value is -2.34. The van der Waals surface area contributed by atoms with Crippen molar-refractivity contribution < 1.29 is 4.74 Å². The molecule has 0 spiro atoms. The molecule has 0 saturated carbocycles. The lowest BCUT2D eigenvalue weighted by Gasteiger charge is -1.96. The van der Waals surface area contributed by atoms with Gasteiger partial charge in [0.05, 0.1) is 12.9 Å². The molecular weight excluding hydrogens is 224 g/mol. The standard InChI is InChI=1S/C15H16N2O/c1-2-18-12-6-11-17-15(13-16)10-9-14-7-4-3-5-8-14/h2-5,7-10H,1,6,11-12H2/b10-9+,17-15?. The van der Waals surface area contributed by atoms with Crippen LogP contribution in [0.1, 0.15) is 12.0 Å². The van der Waals surface area contributed by atoms with Crippen molar-refractivity contribution in [1.29, 1.82) is 5.26 Å². The van der Waals surface area contributed by atoms with Crippen LogP contribution in [0.3, 0.4) is 0 Å². The third-order valence-electron chi connectivity index (χ3n) is 2.17. The molecule has 0 aliphatic carbocycles. The predicted molar refractivity (Wildman–Crippen MR) is 74.2 cm³/mol. The molecule has 0 radical (unpaired) electrons. The molecule has 0 saturated heterocycles. The van der Waals surface area contributed by atoms with Gasteiger partial charge in [-0.15, -0.1) is 0 Å². The minimum Gasteiger partial charge on any atom is -0.502 e. The van der Waals surface area contributed by atoms with Gasteiger partial charge < -0.3 is 4.74 Å². The van der Waals surface area contributed by atoms with E-state index < -0.39 is 0 Å². The predicted octanol–water partition coefficient (Wildman–Crippen LogP) is 3.21. The van der Waals surface area contributed by atoms with Crippen LogP contribution in [0.15, 0.2) is 54.2 Å². The molecular formula is C15H16N2O. The van der Waals surface area contributed by atoms with Gasteiger partial charge in [-0.05, 0) is 11.6 Å². The van der Waals surface area contributed by atoms with E-state index in [9.17, 15) is 0 Å². The lowest BCUT2D eigenvalue weighted by atomic mass is 10.2. The lowest BCUT2D eigenvalue weighted by molar-refractivity contribution is 0.248. The van der Waals surface area contributed by atoms with Crippen LogP contribution >= 0.6 is 0 Å². The Morgan fingerprint density at radius 2 is 2.17 bits per heavy atom. The smallest absolute Gasteiger partial charge is 0.135 e. The Bertz CT molecular complexity index is 455. The number of aliphatic imine (C=N–C) groups is 1. The summed E-state index contributed by atoms with van der Waals surface area (Å²) in [5.74, 6) is 0. The summed E-state index contributed by atoms with van der Waals surface area (Å²) in [5, 5.41) is 8.93. The number of rotatable bonds is 7. The van der Waals surface area contributed by atoms with Crippen molar-refractivity contribution in [2.45, 2.75) is 6.42 Å². The van der Waals surface area contributed by atoms with Gasteiger partial charge in [0.1, 0.15) is 11.8 Å². The summed E-state index contributed by atoms with van der Waals surface area (Å²) < 4.78 is 4.97. The first-order valence-corrected chi connectivity index (χ1v) is 5.77. The summed E-state index contributed by atoms with van der Waals surface area (Å²) in [6.45, 7) is 4.61. The van der Waals surface area contributed by atoms with Gasteiger partial charge in [-0.1, -0.05) is 43.0 Å². The van der Waals surface area contributed by atoms with Crippen molar-refractivity contribution in [1.82, 2.24) is 0 Å². The first-order chi connectivity index (χ1) is 8.86. The minimum atomic E-state index is 0.428. The Morgan fingerprint density at radius 1 is 1.39 bits per heavy atom. The molecule has 1 aromatic carbocycles. The zero-order valence-corrected chi connectivity index (χ0v) is 10.2. The molecule has 0 N–H and O–H groups in total. The van der Waals surface area contributed by atoms with Crippen LogP contribution < -0.4 is 0 Å². The first-order valence-electron chi connectivity index (χ1n) is 5.77. The molecule has 92 valence electrons. The van der Waals surface area contributed by atoms with Crippen LogP contribution in [0.5, 0.6) is 0 Å². The second-order valence-electron chi connectivity index (χ2n) is 3.51. The van der Waals surface area contributed by atoms with Gasteiger partial charge in [-0.2, -0.15) is 5.26 Å². The molecule has 0 aliphatic rings. The molecule has 18 heavy (non-hydrogen) atoms. The monoisotopic (exact) mass is 240 g/mol. The highest BCUT2D eigenvalue weighted by Crippen LogP contribution is 2.01. The second kappa shape index (κ2) is 8.77. The molecule has 0 heterocycles. The molecule has 0 unspecified atom stereocenters. The average molecular weight is 240 g/mol. The largest absolute Gasteiger partial charge is 0.502 e. The Morgan fingerprint density at radius 3 is 2.83 bits per heavy atom. The van der Waals surface area contributed by atoms with Crippen LogP contribution in [-0.2, 0) is 4.74 Å². The molecule has 0 aromatic heterocycles. The van der Waals surface area contributed by atoms with Crippen LogP contribution in [0, 0.1) is 11.3 Å². The topological polar surface area (TPSA) is 45.4 Å². The molecule has 0 aliphatic heterocycles. The SMILES string of the molecule is C=COCCCN=C(C#N)/C=C/c1ccccc1.